The third-order valence-corrected chi connectivity index (χ3v) is 5.09. The van der Waals surface area contributed by atoms with E-state index in [1.807, 2.05) is 0 Å². The molecule has 1 amide bonds. The van der Waals surface area contributed by atoms with Crippen molar-refractivity contribution in [1.29, 1.82) is 0 Å². The number of carbonyl (C=O) groups is 2. The molecule has 1 aromatic heterocycles. The van der Waals surface area contributed by atoms with Gasteiger partial charge in [0.15, 0.2) is 5.75 Å². The van der Waals surface area contributed by atoms with Crippen molar-refractivity contribution in [2.45, 2.75) is 52.1 Å². The summed E-state index contributed by atoms with van der Waals surface area (Å²) in [5.74, 6) is -1.79. The van der Waals surface area contributed by atoms with E-state index < -0.39 is 29.8 Å². The lowest BCUT2D eigenvalue weighted by Crippen LogP contribution is -2.50. The smallest absolute Gasteiger partial charge is 0.442 e. The topological polar surface area (TPSA) is 93.9 Å². The maximum Gasteiger partial charge on any atom is 0.483 e. The van der Waals surface area contributed by atoms with Crippen molar-refractivity contribution < 1.29 is 33.0 Å². The number of aromatic nitrogens is 2. The molecule has 0 bridgehead atoms. The summed E-state index contributed by atoms with van der Waals surface area (Å²) >= 11 is 0. The molecular weight excluding hydrogens is 436 g/mol. The molecule has 1 atom stereocenters. The molecular formula is C23H23F2N3O5. The number of alkyl halides is 2. The molecule has 0 saturated carbocycles. The summed E-state index contributed by atoms with van der Waals surface area (Å²) in [6.45, 7) is 6.37. The zero-order chi connectivity index (χ0) is 24.1. The molecule has 4 rings (SSSR count). The number of halogens is 2. The van der Waals surface area contributed by atoms with Crippen molar-refractivity contribution in [2.24, 2.45) is 0 Å². The number of para-hydroxylation sites is 1. The number of rotatable bonds is 3. The molecule has 0 unspecified atom stereocenters. The van der Waals surface area contributed by atoms with E-state index >= 15 is 0 Å². The number of anilines is 1. The molecule has 8 nitrogen and oxygen atoms in total. The van der Waals surface area contributed by atoms with Gasteiger partial charge in [-0.15, -0.1) is 0 Å². The highest BCUT2D eigenvalue weighted by Gasteiger charge is 2.51. The van der Waals surface area contributed by atoms with Crippen molar-refractivity contribution in [2.75, 3.05) is 4.90 Å². The van der Waals surface area contributed by atoms with Gasteiger partial charge in [0.1, 0.15) is 5.60 Å². The Kier molecular flexibility index (Phi) is 5.36. The summed E-state index contributed by atoms with van der Waals surface area (Å²) in [5, 5.41) is 14.6. The van der Waals surface area contributed by atoms with E-state index in [0.29, 0.717) is 16.5 Å². The Morgan fingerprint density at radius 2 is 1.94 bits per heavy atom. The lowest BCUT2D eigenvalue weighted by molar-refractivity contribution is -0.193. The van der Waals surface area contributed by atoms with E-state index in [1.54, 1.807) is 45.0 Å². The number of carbonyl (C=O) groups excluding carboxylic acids is 2. The third-order valence-electron chi connectivity index (χ3n) is 5.09. The summed E-state index contributed by atoms with van der Waals surface area (Å²) in [5.41, 5.74) is 0.416. The normalized spacial score (nSPS) is 16.3. The van der Waals surface area contributed by atoms with E-state index in [-0.39, 0.29) is 23.5 Å². The molecule has 0 spiro atoms. The Labute approximate surface area is 188 Å². The fourth-order valence-corrected chi connectivity index (χ4v) is 3.66. The second-order valence-corrected chi connectivity index (χ2v) is 8.77. The highest BCUT2D eigenvalue weighted by atomic mass is 19.3. The number of aliphatic hydroxyl groups is 1. The predicted molar refractivity (Wildman–Crippen MR) is 115 cm³/mol. The van der Waals surface area contributed by atoms with Gasteiger partial charge in [-0.25, -0.2) is 4.79 Å². The van der Waals surface area contributed by atoms with E-state index in [1.165, 1.54) is 25.3 Å². The van der Waals surface area contributed by atoms with Crippen molar-refractivity contribution in [3.63, 3.8) is 0 Å². The third kappa shape index (κ3) is 4.13. The first kappa shape index (κ1) is 22.7. The minimum atomic E-state index is -4.10. The Bertz CT molecular complexity index is 1250. The quantitative estimate of drug-likeness (QED) is 0.624. The van der Waals surface area contributed by atoms with Crippen LogP contribution in [-0.2, 0) is 16.1 Å². The molecule has 0 saturated heterocycles. The van der Waals surface area contributed by atoms with Crippen LogP contribution in [0.25, 0.3) is 10.9 Å². The number of aliphatic hydroxyl groups excluding tert-OH is 1. The highest BCUT2D eigenvalue weighted by Crippen LogP contribution is 2.44. The van der Waals surface area contributed by atoms with Crippen LogP contribution in [0.4, 0.5) is 19.3 Å². The first-order valence-corrected chi connectivity index (χ1v) is 10.3. The van der Waals surface area contributed by atoms with Crippen LogP contribution < -0.4 is 9.64 Å². The number of hydrogen-bond acceptors (Lipinski definition) is 6. The first-order chi connectivity index (χ1) is 15.4. The van der Waals surface area contributed by atoms with Gasteiger partial charge in [-0.05, 0) is 45.4 Å². The number of benzene rings is 2. The van der Waals surface area contributed by atoms with Crippen molar-refractivity contribution >= 4 is 28.6 Å². The Hall–Kier alpha value is -3.53. The Morgan fingerprint density at radius 1 is 1.24 bits per heavy atom. The number of ether oxygens (including phenoxy) is 2. The van der Waals surface area contributed by atoms with Crippen molar-refractivity contribution in [3.8, 4) is 5.75 Å². The number of nitrogens with zero attached hydrogens (tertiary/aromatic N) is 3. The van der Waals surface area contributed by atoms with Gasteiger partial charge in [0, 0.05) is 10.9 Å². The fourth-order valence-electron chi connectivity index (χ4n) is 3.66. The van der Waals surface area contributed by atoms with Gasteiger partial charge >= 0.3 is 18.1 Å². The van der Waals surface area contributed by atoms with Gasteiger partial charge in [0.05, 0.1) is 30.0 Å². The van der Waals surface area contributed by atoms with E-state index in [0.717, 1.165) is 9.58 Å². The van der Waals surface area contributed by atoms with Gasteiger partial charge in [0.2, 0.25) is 0 Å². The number of amides is 1. The summed E-state index contributed by atoms with van der Waals surface area (Å²) in [6.07, 6.45) is -4.45. The zero-order valence-corrected chi connectivity index (χ0v) is 18.5. The Morgan fingerprint density at radius 3 is 2.61 bits per heavy atom. The van der Waals surface area contributed by atoms with Gasteiger partial charge in [-0.2, -0.15) is 18.6 Å². The largest absolute Gasteiger partial charge is 0.483 e. The number of hydrogen-bond donors (Lipinski definition) is 1. The molecule has 0 radical (unpaired) electrons. The minimum absolute atomic E-state index is 0.112. The van der Waals surface area contributed by atoms with Crippen LogP contribution in [0.2, 0.25) is 0 Å². The van der Waals surface area contributed by atoms with Crippen LogP contribution in [0.15, 0.2) is 42.6 Å². The number of fused-ring (bicyclic) bond motifs is 2. The molecule has 33 heavy (non-hydrogen) atoms. The van der Waals surface area contributed by atoms with Crippen molar-refractivity contribution in [1.82, 2.24) is 9.78 Å². The fraction of sp³-hybridized carbons (Fsp3) is 0.348. The van der Waals surface area contributed by atoms with E-state index in [9.17, 15) is 23.5 Å². The monoisotopic (exact) mass is 459 g/mol. The van der Waals surface area contributed by atoms with Crippen LogP contribution in [0.5, 0.6) is 5.75 Å². The molecule has 3 aromatic rings. The Balaban J connectivity index is 1.77. The molecule has 2 aromatic carbocycles. The van der Waals surface area contributed by atoms with E-state index in [4.69, 9.17) is 9.47 Å². The standard InChI is InChI=1S/C23H23F2N3O5/c1-13(29)15-8-6-10-18-19(15)32-23(24,25)20(30)27(18)12-14-7-5-9-17-16(14)11-26-28(17)21(31)33-22(2,3)4/h5-11,13,29H,12H2,1-4H3/t13-/m0/s1. The van der Waals surface area contributed by atoms with E-state index in [2.05, 4.69) is 5.10 Å². The van der Waals surface area contributed by atoms with Gasteiger partial charge in [0.25, 0.3) is 0 Å². The first-order valence-electron chi connectivity index (χ1n) is 10.3. The molecule has 1 aliphatic heterocycles. The van der Waals surface area contributed by atoms with Crippen molar-refractivity contribution in [3.05, 3.63) is 53.7 Å². The molecule has 0 aliphatic carbocycles. The van der Waals surface area contributed by atoms with Crippen LogP contribution in [0.1, 0.15) is 44.9 Å². The molecule has 1 N–H and O–H groups in total. The highest BCUT2D eigenvalue weighted by molar-refractivity contribution is 6.01. The van der Waals surface area contributed by atoms with Crippen LogP contribution in [-0.4, -0.2) is 38.6 Å². The van der Waals surface area contributed by atoms with Gasteiger partial charge in [-0.1, -0.05) is 24.3 Å². The molecule has 10 heteroatoms. The SMILES string of the molecule is C[C@H](O)c1cccc2c1OC(F)(F)C(=O)N2Cc1cccc2c1cnn2C(=O)OC(C)(C)C. The van der Waals surface area contributed by atoms with Gasteiger partial charge < -0.3 is 14.6 Å². The summed E-state index contributed by atoms with van der Waals surface area (Å²) in [7, 11) is 0. The zero-order valence-electron chi connectivity index (χ0n) is 18.5. The molecule has 0 fully saturated rings. The molecule has 1 aliphatic rings. The van der Waals surface area contributed by atoms with Crippen LogP contribution in [0.3, 0.4) is 0 Å². The molecule has 174 valence electrons. The summed E-state index contributed by atoms with van der Waals surface area (Å²) in [4.78, 5) is 26.0. The summed E-state index contributed by atoms with van der Waals surface area (Å²) in [6, 6.07) is 9.41. The lowest BCUT2D eigenvalue weighted by Gasteiger charge is -2.35. The molecule has 2 heterocycles. The van der Waals surface area contributed by atoms with Crippen LogP contribution >= 0.6 is 0 Å². The summed E-state index contributed by atoms with van der Waals surface area (Å²) < 4.78 is 40.1. The second kappa shape index (κ2) is 7.80. The van der Waals surface area contributed by atoms with Gasteiger partial charge in [-0.3, -0.25) is 9.69 Å². The maximum absolute atomic E-state index is 14.5. The van der Waals surface area contributed by atoms with Crippen LogP contribution in [0, 0.1) is 0 Å². The lowest BCUT2D eigenvalue weighted by atomic mass is 10.0. The predicted octanol–water partition coefficient (Wildman–Crippen LogP) is 4.39. The average molecular weight is 459 g/mol. The average Bonchev–Trinajstić information content (AvgIpc) is 3.14. The minimum Gasteiger partial charge on any atom is -0.442 e. The maximum atomic E-state index is 14.5. The second-order valence-electron chi connectivity index (χ2n) is 8.77.